The number of hydrogen-bond acceptors (Lipinski definition) is 3. The van der Waals surface area contributed by atoms with Crippen molar-refractivity contribution in [1.82, 2.24) is 5.32 Å². The minimum absolute atomic E-state index is 0.0811. The monoisotopic (exact) mass is 350 g/mol. The molecule has 0 aliphatic carbocycles. The van der Waals surface area contributed by atoms with Crippen LogP contribution in [-0.2, 0) is 6.54 Å². The quantitative estimate of drug-likeness (QED) is 0.743. The van der Waals surface area contributed by atoms with E-state index in [0.29, 0.717) is 6.54 Å². The normalized spacial score (nSPS) is 19.0. The number of aliphatic imine (C=N–C) groups is 1. The zero-order valence-electron chi connectivity index (χ0n) is 16.1. The van der Waals surface area contributed by atoms with Gasteiger partial charge in [-0.05, 0) is 56.1 Å². The first kappa shape index (κ1) is 18.5. The largest absolute Gasteiger partial charge is 0.371 e. The Labute approximate surface area is 157 Å². The van der Waals surface area contributed by atoms with Crippen LogP contribution in [0.5, 0.6) is 0 Å². The smallest absolute Gasteiger partial charge is 0.127 e. The highest BCUT2D eigenvalue weighted by atomic mass is 15.2. The first-order valence-electron chi connectivity index (χ1n) is 9.71. The number of benzene rings is 2. The van der Waals surface area contributed by atoms with E-state index in [0.717, 1.165) is 37.5 Å². The fraction of sp³-hybridized carbons (Fsp3) is 0.409. The highest BCUT2D eigenvalue weighted by molar-refractivity contribution is 6.09. The minimum Gasteiger partial charge on any atom is -0.371 e. The van der Waals surface area contributed by atoms with Crippen molar-refractivity contribution < 1.29 is 0 Å². The predicted octanol–water partition coefficient (Wildman–Crippen LogP) is 4.58. The third-order valence-corrected chi connectivity index (χ3v) is 5.13. The van der Waals surface area contributed by atoms with Crippen LogP contribution >= 0.6 is 0 Å². The molecule has 1 fully saturated rings. The molecule has 2 aromatic carbocycles. The molecule has 4 nitrogen and oxygen atoms in total. The number of para-hydroxylation sites is 2. The van der Waals surface area contributed by atoms with Gasteiger partial charge in [0.25, 0.3) is 0 Å². The summed E-state index contributed by atoms with van der Waals surface area (Å²) in [5, 5.41) is 10.8. The lowest BCUT2D eigenvalue weighted by molar-refractivity contribution is 0.419. The Balaban J connectivity index is 0.000000948. The molecule has 26 heavy (non-hydrogen) atoms. The summed E-state index contributed by atoms with van der Waals surface area (Å²) < 4.78 is 0. The van der Waals surface area contributed by atoms with E-state index in [1.165, 1.54) is 16.8 Å². The topological polar surface area (TPSA) is 48.5 Å². The van der Waals surface area contributed by atoms with Crippen molar-refractivity contribution in [2.45, 2.75) is 45.7 Å². The van der Waals surface area contributed by atoms with E-state index in [9.17, 15) is 0 Å². The number of rotatable bonds is 2. The lowest BCUT2D eigenvalue weighted by atomic mass is 9.84. The van der Waals surface area contributed by atoms with Gasteiger partial charge in [-0.2, -0.15) is 0 Å². The van der Waals surface area contributed by atoms with Crippen molar-refractivity contribution >= 4 is 17.2 Å². The standard InChI is InChI=1S/C20H24N4.C2H6/c1-15-6-2-3-7-16(15)14-22-19-20(10-12-21-13-11-20)24-18-9-5-4-8-17(18)23-19;1-2/h2-9,21,24H,10-14H2,1H3,(H,22,23);1-2H3. The summed E-state index contributed by atoms with van der Waals surface area (Å²) in [6.45, 7) is 8.90. The van der Waals surface area contributed by atoms with Crippen LogP contribution in [0.1, 0.15) is 37.8 Å². The number of amidine groups is 1. The van der Waals surface area contributed by atoms with E-state index in [2.05, 4.69) is 71.4 Å². The minimum atomic E-state index is -0.0811. The molecule has 1 saturated heterocycles. The van der Waals surface area contributed by atoms with Crippen molar-refractivity contribution in [3.05, 3.63) is 59.7 Å². The van der Waals surface area contributed by atoms with Crippen LogP contribution in [-0.4, -0.2) is 24.5 Å². The van der Waals surface area contributed by atoms with Gasteiger partial charge in [-0.25, -0.2) is 0 Å². The number of anilines is 2. The molecule has 4 heteroatoms. The Morgan fingerprint density at radius 1 is 0.923 bits per heavy atom. The number of nitrogens with one attached hydrogen (secondary N) is 3. The highest BCUT2D eigenvalue weighted by Gasteiger charge is 2.40. The maximum atomic E-state index is 5.01. The van der Waals surface area contributed by atoms with Gasteiger partial charge in [0.05, 0.1) is 23.5 Å². The van der Waals surface area contributed by atoms with E-state index >= 15 is 0 Å². The molecule has 0 radical (unpaired) electrons. The van der Waals surface area contributed by atoms with Crippen LogP contribution in [0, 0.1) is 6.92 Å². The number of piperidine rings is 1. The van der Waals surface area contributed by atoms with Gasteiger partial charge in [-0.1, -0.05) is 50.2 Å². The molecule has 0 amide bonds. The maximum absolute atomic E-state index is 5.01. The third kappa shape index (κ3) is 3.75. The highest BCUT2D eigenvalue weighted by Crippen LogP contribution is 2.35. The molecule has 0 saturated carbocycles. The number of aryl methyl sites for hydroxylation is 1. The Bertz CT molecular complexity index is 760. The summed E-state index contributed by atoms with van der Waals surface area (Å²) in [4.78, 5) is 5.01. The van der Waals surface area contributed by atoms with E-state index < -0.39 is 0 Å². The lowest BCUT2D eigenvalue weighted by Gasteiger charge is -2.44. The van der Waals surface area contributed by atoms with E-state index in [-0.39, 0.29) is 5.54 Å². The van der Waals surface area contributed by atoms with Crippen molar-refractivity contribution in [1.29, 1.82) is 0 Å². The molecule has 0 unspecified atom stereocenters. The molecule has 0 atom stereocenters. The van der Waals surface area contributed by atoms with Crippen LogP contribution in [0.4, 0.5) is 11.4 Å². The second kappa shape index (κ2) is 8.37. The number of nitrogens with zero attached hydrogens (tertiary/aromatic N) is 1. The molecule has 2 aliphatic rings. The van der Waals surface area contributed by atoms with Crippen LogP contribution < -0.4 is 16.0 Å². The Hall–Kier alpha value is -2.33. The van der Waals surface area contributed by atoms with Gasteiger partial charge >= 0.3 is 0 Å². The van der Waals surface area contributed by atoms with Gasteiger partial charge in [0.1, 0.15) is 5.84 Å². The molecule has 3 N–H and O–H groups in total. The Morgan fingerprint density at radius 3 is 2.31 bits per heavy atom. The van der Waals surface area contributed by atoms with Crippen LogP contribution in [0.3, 0.4) is 0 Å². The van der Waals surface area contributed by atoms with E-state index in [1.807, 2.05) is 13.8 Å². The predicted molar refractivity (Wildman–Crippen MR) is 112 cm³/mol. The SMILES string of the molecule is CC.Cc1ccccc1CN=C1Nc2ccccc2NC12CCNCC2. The fourth-order valence-corrected chi connectivity index (χ4v) is 3.62. The molecule has 0 bridgehead atoms. The van der Waals surface area contributed by atoms with Crippen molar-refractivity contribution in [2.24, 2.45) is 4.99 Å². The summed E-state index contributed by atoms with van der Waals surface area (Å²) in [5.74, 6) is 1.07. The average Bonchev–Trinajstić information content (AvgIpc) is 2.70. The van der Waals surface area contributed by atoms with Gasteiger partial charge in [0.2, 0.25) is 0 Å². The molecular weight excluding hydrogens is 320 g/mol. The first-order valence-corrected chi connectivity index (χ1v) is 9.71. The second-order valence-corrected chi connectivity index (χ2v) is 6.72. The fourth-order valence-electron chi connectivity index (χ4n) is 3.62. The number of fused-ring (bicyclic) bond motifs is 1. The zero-order valence-corrected chi connectivity index (χ0v) is 16.1. The lowest BCUT2D eigenvalue weighted by Crippen LogP contribution is -2.57. The molecule has 2 heterocycles. The van der Waals surface area contributed by atoms with Crippen molar-refractivity contribution in [3.8, 4) is 0 Å². The van der Waals surface area contributed by atoms with Gasteiger partial charge < -0.3 is 16.0 Å². The third-order valence-electron chi connectivity index (χ3n) is 5.13. The molecule has 2 aromatic rings. The molecule has 0 aromatic heterocycles. The van der Waals surface area contributed by atoms with Crippen molar-refractivity contribution in [3.63, 3.8) is 0 Å². The second-order valence-electron chi connectivity index (χ2n) is 6.72. The van der Waals surface area contributed by atoms with E-state index in [1.54, 1.807) is 0 Å². The van der Waals surface area contributed by atoms with Gasteiger partial charge in [-0.15, -0.1) is 0 Å². The summed E-state index contributed by atoms with van der Waals surface area (Å²) in [6, 6.07) is 16.9. The van der Waals surface area contributed by atoms with Crippen molar-refractivity contribution in [2.75, 3.05) is 23.7 Å². The summed E-state index contributed by atoms with van der Waals surface area (Å²) in [5.41, 5.74) is 4.79. The number of hydrogen-bond donors (Lipinski definition) is 3. The molecule has 4 rings (SSSR count). The summed E-state index contributed by atoms with van der Waals surface area (Å²) in [6.07, 6.45) is 2.09. The molecule has 1 spiro atoms. The van der Waals surface area contributed by atoms with Crippen LogP contribution in [0.2, 0.25) is 0 Å². The molecule has 2 aliphatic heterocycles. The van der Waals surface area contributed by atoms with Gasteiger partial charge in [-0.3, -0.25) is 4.99 Å². The van der Waals surface area contributed by atoms with E-state index in [4.69, 9.17) is 4.99 Å². The Morgan fingerprint density at radius 2 is 1.58 bits per heavy atom. The maximum Gasteiger partial charge on any atom is 0.127 e. The molecular formula is C22H30N4. The Kier molecular flexibility index (Phi) is 5.94. The summed E-state index contributed by atoms with van der Waals surface area (Å²) in [7, 11) is 0. The average molecular weight is 351 g/mol. The molecule has 138 valence electrons. The van der Waals surface area contributed by atoms with Gasteiger partial charge in [0, 0.05) is 0 Å². The van der Waals surface area contributed by atoms with Crippen LogP contribution in [0.25, 0.3) is 0 Å². The summed E-state index contributed by atoms with van der Waals surface area (Å²) >= 11 is 0. The first-order chi connectivity index (χ1) is 12.8. The van der Waals surface area contributed by atoms with Gasteiger partial charge in [0.15, 0.2) is 0 Å². The zero-order chi connectivity index (χ0) is 18.4. The van der Waals surface area contributed by atoms with Crippen LogP contribution in [0.15, 0.2) is 53.5 Å².